The molecular weight excluding hydrogens is 829 g/mol. The molecule has 1 unspecified atom stereocenters. The molecule has 0 radical (unpaired) electrons. The molecule has 6 heteroatoms. The second-order valence-electron chi connectivity index (χ2n) is 21.2. The van der Waals surface area contributed by atoms with Crippen molar-refractivity contribution in [1.29, 1.82) is 0 Å². The number of unbranched alkanes of at least 4 members (excludes halogenated alkanes) is 42. The zero-order valence-corrected chi connectivity index (χ0v) is 45.9. The van der Waals surface area contributed by atoms with Crippen LogP contribution in [-0.2, 0) is 28.6 Å². The van der Waals surface area contributed by atoms with Gasteiger partial charge in [-0.3, -0.25) is 14.4 Å². The maximum Gasteiger partial charge on any atom is 0.306 e. The lowest BCUT2D eigenvalue weighted by molar-refractivity contribution is -0.167. The normalized spacial score (nSPS) is 12.4. The first-order valence-electron chi connectivity index (χ1n) is 30.4. The fraction of sp³-hybridized carbons (Fsp3) is 0.951. The van der Waals surface area contributed by atoms with Crippen molar-refractivity contribution in [2.45, 2.75) is 355 Å². The summed E-state index contributed by atoms with van der Waals surface area (Å²) < 4.78 is 16.9. The third-order valence-electron chi connectivity index (χ3n) is 14.4. The summed E-state index contributed by atoms with van der Waals surface area (Å²) >= 11 is 0. The van der Waals surface area contributed by atoms with Gasteiger partial charge in [-0.1, -0.05) is 310 Å². The van der Waals surface area contributed by atoms with Crippen molar-refractivity contribution in [3.05, 3.63) is 0 Å². The minimum absolute atomic E-state index is 0.0615. The van der Waals surface area contributed by atoms with Gasteiger partial charge in [0.2, 0.25) is 0 Å². The lowest BCUT2D eigenvalue weighted by atomic mass is 9.99. The molecule has 0 heterocycles. The van der Waals surface area contributed by atoms with Gasteiger partial charge in [-0.25, -0.2) is 0 Å². The van der Waals surface area contributed by atoms with Crippen molar-refractivity contribution >= 4 is 17.9 Å². The second kappa shape index (κ2) is 55.3. The maximum atomic E-state index is 12.9. The van der Waals surface area contributed by atoms with Gasteiger partial charge in [0, 0.05) is 19.3 Å². The summed E-state index contributed by atoms with van der Waals surface area (Å²) in [5.74, 6) is 0.0634. The molecule has 2 atom stereocenters. The lowest BCUT2D eigenvalue weighted by Crippen LogP contribution is -2.30. The molecule has 0 N–H and O–H groups in total. The Hall–Kier alpha value is -1.59. The summed E-state index contributed by atoms with van der Waals surface area (Å²) in [7, 11) is 0. The monoisotopic (exact) mass is 947 g/mol. The lowest BCUT2D eigenvalue weighted by Gasteiger charge is -2.18. The van der Waals surface area contributed by atoms with Gasteiger partial charge in [0.15, 0.2) is 6.10 Å². The van der Waals surface area contributed by atoms with Gasteiger partial charge in [0.1, 0.15) is 13.2 Å². The van der Waals surface area contributed by atoms with Crippen LogP contribution in [0.5, 0.6) is 0 Å². The molecule has 0 aliphatic heterocycles. The van der Waals surface area contributed by atoms with Crippen LogP contribution in [0.1, 0.15) is 349 Å². The third-order valence-corrected chi connectivity index (χ3v) is 14.4. The molecule has 0 aliphatic rings. The van der Waals surface area contributed by atoms with Gasteiger partial charge in [0.05, 0.1) is 0 Å². The summed E-state index contributed by atoms with van der Waals surface area (Å²) in [6.45, 7) is 9.11. The van der Waals surface area contributed by atoms with Crippen LogP contribution in [0.25, 0.3) is 0 Å². The highest BCUT2D eigenvalue weighted by molar-refractivity contribution is 5.71. The van der Waals surface area contributed by atoms with Crippen molar-refractivity contribution in [3.8, 4) is 0 Å². The number of esters is 3. The summed E-state index contributed by atoms with van der Waals surface area (Å²) in [6, 6.07) is 0. The largest absolute Gasteiger partial charge is 0.462 e. The maximum absolute atomic E-state index is 12.9. The van der Waals surface area contributed by atoms with E-state index in [0.717, 1.165) is 63.7 Å². The first-order chi connectivity index (χ1) is 32.9. The van der Waals surface area contributed by atoms with E-state index in [9.17, 15) is 14.4 Å². The Kier molecular flexibility index (Phi) is 54.0. The number of carbonyl (C=O) groups excluding carboxylic acids is 3. The van der Waals surface area contributed by atoms with Crippen molar-refractivity contribution in [2.24, 2.45) is 5.92 Å². The number of carbonyl (C=O) groups is 3. The van der Waals surface area contributed by atoms with E-state index in [4.69, 9.17) is 14.2 Å². The fourth-order valence-electron chi connectivity index (χ4n) is 9.42. The van der Waals surface area contributed by atoms with Crippen LogP contribution < -0.4 is 0 Å². The van der Waals surface area contributed by atoms with Gasteiger partial charge in [-0.15, -0.1) is 0 Å². The van der Waals surface area contributed by atoms with E-state index in [1.165, 1.54) is 244 Å². The molecule has 67 heavy (non-hydrogen) atoms. The molecule has 0 aliphatic carbocycles. The zero-order valence-electron chi connectivity index (χ0n) is 45.9. The average Bonchev–Trinajstić information content (AvgIpc) is 3.33. The van der Waals surface area contributed by atoms with E-state index >= 15 is 0 Å². The van der Waals surface area contributed by atoms with Gasteiger partial charge < -0.3 is 14.2 Å². The first-order valence-corrected chi connectivity index (χ1v) is 30.4. The smallest absolute Gasteiger partial charge is 0.306 e. The Balaban J connectivity index is 4.29. The molecule has 0 bridgehead atoms. The molecule has 0 saturated heterocycles. The second-order valence-corrected chi connectivity index (χ2v) is 21.2. The molecule has 0 aromatic heterocycles. The summed E-state index contributed by atoms with van der Waals surface area (Å²) in [5.41, 5.74) is 0. The Morgan fingerprint density at radius 2 is 0.522 bits per heavy atom. The van der Waals surface area contributed by atoms with E-state index in [1.54, 1.807) is 0 Å². The molecule has 0 amide bonds. The predicted octanol–water partition coefficient (Wildman–Crippen LogP) is 20.2. The SMILES string of the molecule is CCCCCCCCCCCCCCCCCCCC(=O)OC[C@H](COC(=O)CCCCCCCCCCCCCCCC)OC(=O)CCCCCCCCCCCCCCCCC(C)CC. The summed E-state index contributed by atoms with van der Waals surface area (Å²) in [5, 5.41) is 0. The van der Waals surface area contributed by atoms with Gasteiger partial charge in [-0.05, 0) is 25.2 Å². The van der Waals surface area contributed by atoms with Crippen LogP contribution in [0.3, 0.4) is 0 Å². The molecule has 0 fully saturated rings. The Bertz CT molecular complexity index is 1010. The minimum Gasteiger partial charge on any atom is -0.462 e. The highest BCUT2D eigenvalue weighted by Gasteiger charge is 2.19. The van der Waals surface area contributed by atoms with Gasteiger partial charge >= 0.3 is 17.9 Å². The fourth-order valence-corrected chi connectivity index (χ4v) is 9.42. The summed E-state index contributed by atoms with van der Waals surface area (Å²) in [6.07, 6.45) is 60.9. The van der Waals surface area contributed by atoms with E-state index in [0.29, 0.717) is 19.3 Å². The summed E-state index contributed by atoms with van der Waals surface area (Å²) in [4.78, 5) is 38.2. The topological polar surface area (TPSA) is 78.9 Å². The van der Waals surface area contributed by atoms with Crippen LogP contribution in [0.15, 0.2) is 0 Å². The van der Waals surface area contributed by atoms with Crippen molar-refractivity contribution in [1.82, 2.24) is 0 Å². The molecule has 0 saturated carbocycles. The van der Waals surface area contributed by atoms with Gasteiger partial charge in [0.25, 0.3) is 0 Å². The minimum atomic E-state index is -0.762. The van der Waals surface area contributed by atoms with Crippen LogP contribution in [0, 0.1) is 5.92 Å². The highest BCUT2D eigenvalue weighted by atomic mass is 16.6. The number of hydrogen-bond donors (Lipinski definition) is 0. The van der Waals surface area contributed by atoms with E-state index in [-0.39, 0.29) is 31.1 Å². The van der Waals surface area contributed by atoms with Gasteiger partial charge in [-0.2, -0.15) is 0 Å². The number of hydrogen-bond acceptors (Lipinski definition) is 6. The Morgan fingerprint density at radius 3 is 0.776 bits per heavy atom. The molecule has 0 aromatic carbocycles. The molecule has 398 valence electrons. The number of rotatable bonds is 56. The number of ether oxygens (including phenoxy) is 3. The highest BCUT2D eigenvalue weighted by Crippen LogP contribution is 2.19. The van der Waals surface area contributed by atoms with Crippen molar-refractivity contribution in [2.75, 3.05) is 13.2 Å². The third kappa shape index (κ3) is 53.6. The first kappa shape index (κ1) is 65.4. The molecule has 6 nitrogen and oxygen atoms in total. The predicted molar refractivity (Wildman–Crippen MR) is 289 cm³/mol. The van der Waals surface area contributed by atoms with Crippen LogP contribution in [-0.4, -0.2) is 37.2 Å². The van der Waals surface area contributed by atoms with Crippen molar-refractivity contribution < 1.29 is 28.6 Å². The van der Waals surface area contributed by atoms with E-state index in [1.807, 2.05) is 0 Å². The Morgan fingerprint density at radius 1 is 0.299 bits per heavy atom. The molecule has 0 rings (SSSR count). The van der Waals surface area contributed by atoms with Crippen LogP contribution >= 0.6 is 0 Å². The standard InChI is InChI=1S/C61H118O6/c1-5-8-10-12-14-16-18-20-22-23-24-29-33-37-41-45-49-53-60(63)66-56-58(55-65-59(62)52-48-44-40-36-32-28-21-19-17-15-13-11-9-6-2)67-61(64)54-50-46-42-38-34-30-26-25-27-31-35-39-43-47-51-57(4)7-3/h57-58H,5-56H2,1-4H3/t57?,58-/m0/s1. The molecule has 0 spiro atoms. The average molecular weight is 948 g/mol. The zero-order chi connectivity index (χ0) is 48.8. The van der Waals surface area contributed by atoms with Crippen molar-refractivity contribution in [3.63, 3.8) is 0 Å². The molecule has 0 aromatic rings. The van der Waals surface area contributed by atoms with E-state index < -0.39 is 6.10 Å². The quantitative estimate of drug-likeness (QED) is 0.0343. The van der Waals surface area contributed by atoms with Crippen LogP contribution in [0.4, 0.5) is 0 Å². The molecular formula is C61H118O6. The van der Waals surface area contributed by atoms with Crippen LogP contribution in [0.2, 0.25) is 0 Å². The Labute approximate surface area is 418 Å². The van der Waals surface area contributed by atoms with E-state index in [2.05, 4.69) is 27.7 Å².